The largest absolute Gasteiger partial charge is 0.495 e. The fourth-order valence-electron chi connectivity index (χ4n) is 14.0. The molecule has 21 nitrogen and oxygen atoms in total. The van der Waals surface area contributed by atoms with Crippen molar-refractivity contribution in [2.75, 3.05) is 132 Å². The Balaban J connectivity index is 0.000000189. The SMILES string of the molecule is CCn1cc(-c2cc(N)c(OC)cc2N2CCC(N3CCCCC3)CC2)cn1.CCn1cc(-c2cc(Nc3ncc(Br)c(Nc4ccc(C)c(C)c4P(C)(C)=O)n3)c(OC)cc2N2CCC(N3CCCCC3)CC2)cn1.CN=P.Cc1ccc(Nc2nc(Cl)ncc2Br)c(P(C)(C)=O)c1C. The number of aromatic nitrogens is 8. The second-order valence-electron chi connectivity index (χ2n) is 26.8. The highest BCUT2D eigenvalue weighted by atomic mass is 79.9. The third kappa shape index (κ3) is 19.6. The number of benzene rings is 4. The Morgan fingerprint density at radius 1 is 0.590 bits per heavy atom. The van der Waals surface area contributed by atoms with Gasteiger partial charge in [-0.15, -0.1) is 0 Å². The van der Waals surface area contributed by atoms with Gasteiger partial charge in [0.15, 0.2) is 0 Å². The van der Waals surface area contributed by atoms with Gasteiger partial charge >= 0.3 is 0 Å². The molecule has 12 rings (SSSR count). The molecule has 538 valence electrons. The minimum Gasteiger partial charge on any atom is -0.495 e. The number of hydrogen-bond donors (Lipinski definition) is 4. The second-order valence-corrected chi connectivity index (χ2v) is 35.6. The molecule has 0 spiro atoms. The molecule has 4 aromatic heterocycles. The van der Waals surface area contributed by atoms with Crippen molar-refractivity contribution in [2.24, 2.45) is 4.74 Å². The van der Waals surface area contributed by atoms with Gasteiger partial charge in [-0.25, -0.2) is 9.97 Å². The van der Waals surface area contributed by atoms with Crippen LogP contribution in [0.15, 0.2) is 99.4 Å². The molecule has 0 aliphatic carbocycles. The number of nitrogen functional groups attached to an aromatic ring is 1. The van der Waals surface area contributed by atoms with Crippen molar-refractivity contribution in [2.45, 2.75) is 131 Å². The van der Waals surface area contributed by atoms with E-state index >= 15 is 0 Å². The van der Waals surface area contributed by atoms with Crippen LogP contribution in [0, 0.1) is 27.7 Å². The molecular formula is C73H101Br2ClN17O4P3. The van der Waals surface area contributed by atoms with Crippen LogP contribution in [0.3, 0.4) is 0 Å². The number of ether oxygens (including phenoxy) is 2. The summed E-state index contributed by atoms with van der Waals surface area (Å²) in [6.45, 7) is 30.2. The Morgan fingerprint density at radius 3 is 1.43 bits per heavy atom. The quantitative estimate of drug-likeness (QED) is 0.0356. The normalized spacial score (nSPS) is 15.7. The van der Waals surface area contributed by atoms with E-state index in [4.69, 9.17) is 31.8 Å². The average molecular weight is 1570 g/mol. The van der Waals surface area contributed by atoms with Crippen molar-refractivity contribution >= 4 is 129 Å². The van der Waals surface area contributed by atoms with Crippen molar-refractivity contribution in [3.05, 3.63) is 122 Å². The van der Waals surface area contributed by atoms with Gasteiger partial charge in [0.1, 0.15) is 37.4 Å². The molecule has 100 heavy (non-hydrogen) atoms. The van der Waals surface area contributed by atoms with Crippen molar-refractivity contribution < 1.29 is 18.6 Å². The van der Waals surface area contributed by atoms with Crippen molar-refractivity contribution in [1.82, 2.24) is 49.3 Å². The van der Waals surface area contributed by atoms with Crippen LogP contribution in [0.1, 0.15) is 100 Å². The lowest BCUT2D eigenvalue weighted by Gasteiger charge is -2.41. The lowest BCUT2D eigenvalue weighted by Crippen LogP contribution is -2.46. The van der Waals surface area contributed by atoms with Crippen LogP contribution in [0.2, 0.25) is 5.28 Å². The summed E-state index contributed by atoms with van der Waals surface area (Å²) in [5, 5.41) is 21.0. The van der Waals surface area contributed by atoms with Crippen LogP contribution in [0.5, 0.6) is 11.5 Å². The van der Waals surface area contributed by atoms with Gasteiger partial charge in [-0.2, -0.15) is 20.2 Å². The first kappa shape index (κ1) is 77.7. The van der Waals surface area contributed by atoms with Crippen LogP contribution in [0.4, 0.5) is 51.7 Å². The second kappa shape index (κ2) is 35.7. The zero-order valence-electron chi connectivity index (χ0n) is 60.4. The van der Waals surface area contributed by atoms with E-state index < -0.39 is 14.3 Å². The summed E-state index contributed by atoms with van der Waals surface area (Å²) in [6, 6.07) is 17.7. The Bertz CT molecular complexity index is 4190. The Labute approximate surface area is 616 Å². The summed E-state index contributed by atoms with van der Waals surface area (Å²) >= 11 is 12.8. The maximum atomic E-state index is 13.3. The predicted octanol–water partition coefficient (Wildman–Crippen LogP) is 17.0. The summed E-state index contributed by atoms with van der Waals surface area (Å²) < 4.78 is 46.1. The maximum absolute atomic E-state index is 13.3. The summed E-state index contributed by atoms with van der Waals surface area (Å²) in [7, 11) is 2.84. The van der Waals surface area contributed by atoms with Gasteiger partial charge in [0.2, 0.25) is 11.2 Å². The highest BCUT2D eigenvalue weighted by Crippen LogP contribution is 2.46. The number of nitrogens with two attached hydrogens (primary N) is 1. The molecule has 8 aromatic rings. The zero-order chi connectivity index (χ0) is 72.0. The number of nitrogens with one attached hydrogen (secondary N) is 3. The number of methoxy groups -OCH3 is 2. The molecule has 0 bridgehead atoms. The van der Waals surface area contributed by atoms with Crippen molar-refractivity contribution in [3.63, 3.8) is 0 Å². The van der Waals surface area contributed by atoms with Crippen LogP contribution in [-0.2, 0) is 22.2 Å². The van der Waals surface area contributed by atoms with Gasteiger partial charge in [0.05, 0.1) is 58.3 Å². The number of halogens is 3. The minimum atomic E-state index is -2.58. The summed E-state index contributed by atoms with van der Waals surface area (Å²) in [6.07, 6.45) is 24.3. The standard InChI is InChI=1S/C36H48BrN8O2P.C22H33N5O.C14H16BrClN3OP.CH4NP/c1-7-45-23-26(21-39-45)28-19-31(33(47-4)20-32(28)44-17-13-27(14-18-44)43-15-9-8-10-16-43)41-36-38-22-29(37)35(42-36)40-30-12-11-24(2)25(3)34(30)48(5,6)46;1-3-27-16-17(15-24-27)19-13-20(23)22(28-2)14-21(19)26-11-7-18(8-12-26)25-9-5-4-6-10-25;1-8-5-6-11(12(9(8)2)21(3,4)20)18-13-10(15)7-17-14(16)19-13;1-2-3/h11-12,19-23,27H,7-10,13-18H2,1-6H3,(H2,38,40,41,42);13-16,18H,3-12,23H2,1-2H3;5-7H,1-4H3,(H,17,18,19);3H,1H3. The molecule has 0 unspecified atom stereocenters. The molecule has 4 fully saturated rings. The molecule has 0 radical (unpaired) electrons. The molecule has 4 aliphatic heterocycles. The number of aryl methyl sites for hydroxylation is 4. The summed E-state index contributed by atoms with van der Waals surface area (Å²) in [5.74, 6) is 2.99. The predicted molar refractivity (Wildman–Crippen MR) is 427 cm³/mol. The summed E-state index contributed by atoms with van der Waals surface area (Å²) in [4.78, 5) is 27.9. The van der Waals surface area contributed by atoms with Gasteiger partial charge in [-0.3, -0.25) is 14.1 Å². The number of likely N-dealkylation sites (tertiary alicyclic amines) is 2. The van der Waals surface area contributed by atoms with E-state index in [1.807, 2.05) is 79.8 Å². The monoisotopic (exact) mass is 1570 g/mol. The third-order valence-electron chi connectivity index (χ3n) is 19.3. The first-order valence-electron chi connectivity index (χ1n) is 34.7. The van der Waals surface area contributed by atoms with E-state index in [0.29, 0.717) is 44.0 Å². The lowest BCUT2D eigenvalue weighted by molar-refractivity contribution is 0.141. The van der Waals surface area contributed by atoms with Gasteiger partial charge in [0.25, 0.3) is 0 Å². The molecule has 5 N–H and O–H groups in total. The van der Waals surface area contributed by atoms with E-state index in [1.54, 1.807) is 60.3 Å². The molecule has 27 heteroatoms. The smallest absolute Gasteiger partial charge is 0.229 e. The van der Waals surface area contributed by atoms with Crippen LogP contribution in [-0.4, -0.2) is 162 Å². The van der Waals surface area contributed by atoms with Crippen LogP contribution in [0.25, 0.3) is 22.3 Å². The third-order valence-corrected chi connectivity index (χ3v) is 24.0. The molecule has 8 heterocycles. The fourth-order valence-corrected chi connectivity index (χ4v) is 18.1. The van der Waals surface area contributed by atoms with Gasteiger partial charge in [-0.1, -0.05) is 25.0 Å². The van der Waals surface area contributed by atoms with Gasteiger partial charge in [-0.05, 0) is 245 Å². The minimum absolute atomic E-state index is 0.155. The van der Waals surface area contributed by atoms with E-state index in [9.17, 15) is 9.13 Å². The van der Waals surface area contributed by atoms with Crippen molar-refractivity contribution in [1.29, 1.82) is 0 Å². The Morgan fingerprint density at radius 2 is 1.01 bits per heavy atom. The average Bonchev–Trinajstić information content (AvgIpc) is 1.38. The van der Waals surface area contributed by atoms with E-state index in [-0.39, 0.29) is 5.28 Å². The lowest BCUT2D eigenvalue weighted by atomic mass is 9.97. The topological polar surface area (TPSA) is 227 Å². The number of nitrogens with zero attached hydrogens (tertiary/aromatic N) is 13. The molecule has 0 amide bonds. The molecular weight excluding hydrogens is 1470 g/mol. The van der Waals surface area contributed by atoms with Gasteiger partial charge < -0.3 is 59.9 Å². The van der Waals surface area contributed by atoms with Gasteiger partial charge in [0, 0.05) is 140 Å². The van der Waals surface area contributed by atoms with E-state index in [2.05, 4.69) is 151 Å². The Hall–Kier alpha value is -6.41. The summed E-state index contributed by atoms with van der Waals surface area (Å²) in [5.41, 5.74) is 20.3. The van der Waals surface area contributed by atoms with Crippen molar-refractivity contribution in [3.8, 4) is 33.8 Å². The highest BCUT2D eigenvalue weighted by Gasteiger charge is 2.31. The first-order chi connectivity index (χ1) is 47.9. The first-order valence-corrected chi connectivity index (χ1v) is 42.3. The van der Waals surface area contributed by atoms with Crippen LogP contribution < -0.4 is 51.6 Å². The molecule has 4 aromatic carbocycles. The van der Waals surface area contributed by atoms with Crippen LogP contribution >= 0.6 is 66.8 Å². The van der Waals surface area contributed by atoms with E-state index in [0.717, 1.165) is 142 Å². The fraction of sp³-hybridized carbons (Fsp3) is 0.479. The van der Waals surface area contributed by atoms with E-state index in [1.165, 1.54) is 83.2 Å². The number of piperidine rings is 4. The molecule has 4 saturated heterocycles. The number of rotatable bonds is 18. The highest BCUT2D eigenvalue weighted by molar-refractivity contribution is 9.11. The Kier molecular flexibility index (Phi) is 27.7. The molecule has 0 saturated carbocycles. The number of hydrogen-bond acceptors (Lipinski definition) is 19. The molecule has 0 atom stereocenters. The number of anilines is 9. The zero-order valence-corrected chi connectivity index (χ0v) is 67.1. The maximum Gasteiger partial charge on any atom is 0.229 e. The molecule has 4 aliphatic rings.